The summed E-state index contributed by atoms with van der Waals surface area (Å²) in [4.78, 5) is 23.5. The molecule has 0 radical (unpaired) electrons. The van der Waals surface area contributed by atoms with Gasteiger partial charge in [-0.2, -0.15) is 13.2 Å². The first-order valence-electron chi connectivity index (χ1n) is 7.46. The third-order valence-electron chi connectivity index (χ3n) is 3.93. The monoisotopic (exact) mass is 346 g/mol. The molecule has 1 aromatic carbocycles. The van der Waals surface area contributed by atoms with Crippen molar-refractivity contribution < 1.29 is 27.9 Å². The summed E-state index contributed by atoms with van der Waals surface area (Å²) in [5.41, 5.74) is -2.26. The van der Waals surface area contributed by atoms with Crippen molar-refractivity contribution >= 4 is 17.5 Å². The van der Waals surface area contributed by atoms with Gasteiger partial charge in [-0.05, 0) is 31.0 Å². The van der Waals surface area contributed by atoms with Crippen LogP contribution in [0.2, 0.25) is 0 Å². The zero-order chi connectivity index (χ0) is 18.5. The molecule has 0 heterocycles. The van der Waals surface area contributed by atoms with Crippen LogP contribution in [0, 0.1) is 5.92 Å². The Labute approximate surface area is 138 Å². The Morgan fingerprint density at radius 3 is 2.42 bits per heavy atom. The van der Waals surface area contributed by atoms with Crippen LogP contribution in [0.25, 0.3) is 0 Å². The van der Waals surface area contributed by atoms with Crippen LogP contribution in [0.1, 0.15) is 32.8 Å². The lowest BCUT2D eigenvalue weighted by Gasteiger charge is -2.29. The van der Waals surface area contributed by atoms with Gasteiger partial charge < -0.3 is 15.7 Å². The number of alkyl halides is 3. The largest absolute Gasteiger partial charge is 0.416 e. The normalized spacial score (nSPS) is 15.3. The molecule has 24 heavy (non-hydrogen) atoms. The van der Waals surface area contributed by atoms with Crippen LogP contribution < -0.4 is 10.6 Å². The van der Waals surface area contributed by atoms with Crippen LogP contribution in [0.5, 0.6) is 0 Å². The summed E-state index contributed by atoms with van der Waals surface area (Å²) in [6.07, 6.45) is -3.86. The first-order chi connectivity index (χ1) is 11.0. The summed E-state index contributed by atoms with van der Waals surface area (Å²) in [5.74, 6) is -2.24. The second-order valence-corrected chi connectivity index (χ2v) is 5.88. The first-order valence-corrected chi connectivity index (χ1v) is 7.46. The molecule has 0 spiro atoms. The summed E-state index contributed by atoms with van der Waals surface area (Å²) in [6.45, 7) is 5.07. The second kappa shape index (κ2) is 7.65. The fourth-order valence-electron chi connectivity index (χ4n) is 1.91. The molecule has 8 heteroatoms. The standard InChI is InChI=1S/C16H21F3N2O3/c1-4-10(2)15(3,24)9-20-13(22)14(23)21-12-7-5-6-11(8-12)16(17,18)19/h5-8,10,24H,4,9H2,1-3H3,(H,20,22)(H,21,23)/t10-,15+/m0/s1. The molecule has 0 saturated carbocycles. The lowest BCUT2D eigenvalue weighted by atomic mass is 9.89. The van der Waals surface area contributed by atoms with Gasteiger partial charge >= 0.3 is 18.0 Å². The number of aliphatic hydroxyl groups is 1. The fraction of sp³-hybridized carbons (Fsp3) is 0.500. The Bertz CT molecular complexity index is 600. The molecule has 0 aliphatic rings. The molecule has 1 rings (SSSR count). The molecule has 0 fully saturated rings. The highest BCUT2D eigenvalue weighted by molar-refractivity contribution is 6.39. The van der Waals surface area contributed by atoms with Crippen LogP contribution in [0.4, 0.5) is 18.9 Å². The number of hydrogen-bond acceptors (Lipinski definition) is 3. The van der Waals surface area contributed by atoms with Crippen LogP contribution >= 0.6 is 0 Å². The Hall–Kier alpha value is -2.09. The average molecular weight is 346 g/mol. The second-order valence-electron chi connectivity index (χ2n) is 5.88. The van der Waals surface area contributed by atoms with Crippen molar-refractivity contribution in [1.82, 2.24) is 5.32 Å². The summed E-state index contributed by atoms with van der Waals surface area (Å²) in [5, 5.41) is 14.5. The highest BCUT2D eigenvalue weighted by Crippen LogP contribution is 2.30. The maximum atomic E-state index is 12.6. The number of hydrogen-bond donors (Lipinski definition) is 3. The number of anilines is 1. The first kappa shape index (κ1) is 20.0. The van der Waals surface area contributed by atoms with Crippen molar-refractivity contribution in [2.45, 2.75) is 39.0 Å². The van der Waals surface area contributed by atoms with Gasteiger partial charge in [-0.3, -0.25) is 9.59 Å². The predicted molar refractivity (Wildman–Crippen MR) is 83.2 cm³/mol. The maximum Gasteiger partial charge on any atom is 0.416 e. The quantitative estimate of drug-likeness (QED) is 0.717. The van der Waals surface area contributed by atoms with Gasteiger partial charge in [0.15, 0.2) is 0 Å². The summed E-state index contributed by atoms with van der Waals surface area (Å²) < 4.78 is 37.8. The van der Waals surface area contributed by atoms with Crippen molar-refractivity contribution in [3.8, 4) is 0 Å². The Morgan fingerprint density at radius 1 is 1.25 bits per heavy atom. The number of amides is 2. The molecule has 0 unspecified atom stereocenters. The minimum absolute atomic E-state index is 0.107. The zero-order valence-electron chi connectivity index (χ0n) is 13.7. The zero-order valence-corrected chi connectivity index (χ0v) is 13.7. The Kier molecular flexibility index (Phi) is 6.36. The molecule has 2 amide bonds. The molecular weight excluding hydrogens is 325 g/mol. The van der Waals surface area contributed by atoms with E-state index in [0.29, 0.717) is 6.42 Å². The third-order valence-corrected chi connectivity index (χ3v) is 3.93. The molecule has 0 aliphatic carbocycles. The molecule has 0 saturated heterocycles. The van der Waals surface area contributed by atoms with E-state index in [1.807, 2.05) is 6.92 Å². The lowest BCUT2D eigenvalue weighted by molar-refractivity contribution is -0.137. The number of carbonyl (C=O) groups is 2. The van der Waals surface area contributed by atoms with Gasteiger partial charge in [0.2, 0.25) is 0 Å². The average Bonchev–Trinajstić information content (AvgIpc) is 2.51. The van der Waals surface area contributed by atoms with E-state index >= 15 is 0 Å². The smallest absolute Gasteiger partial charge is 0.388 e. The van der Waals surface area contributed by atoms with Crippen molar-refractivity contribution in [1.29, 1.82) is 0 Å². The minimum Gasteiger partial charge on any atom is -0.388 e. The highest BCUT2D eigenvalue weighted by Gasteiger charge is 2.31. The molecule has 3 N–H and O–H groups in total. The Balaban J connectivity index is 2.67. The van der Waals surface area contributed by atoms with Crippen molar-refractivity contribution in [3.05, 3.63) is 29.8 Å². The Morgan fingerprint density at radius 2 is 1.88 bits per heavy atom. The van der Waals surface area contributed by atoms with Gasteiger partial charge in [0.1, 0.15) is 0 Å². The van der Waals surface area contributed by atoms with Gasteiger partial charge in [0, 0.05) is 12.2 Å². The van der Waals surface area contributed by atoms with Gasteiger partial charge in [-0.15, -0.1) is 0 Å². The molecule has 0 aromatic heterocycles. The van der Waals surface area contributed by atoms with E-state index in [9.17, 15) is 27.9 Å². The van der Waals surface area contributed by atoms with E-state index in [1.54, 1.807) is 6.92 Å². The van der Waals surface area contributed by atoms with E-state index < -0.39 is 29.2 Å². The van der Waals surface area contributed by atoms with Crippen molar-refractivity contribution in [2.24, 2.45) is 5.92 Å². The van der Waals surface area contributed by atoms with Crippen molar-refractivity contribution in [2.75, 3.05) is 11.9 Å². The van der Waals surface area contributed by atoms with Crippen LogP contribution in [0.3, 0.4) is 0 Å². The van der Waals surface area contributed by atoms with E-state index in [4.69, 9.17) is 0 Å². The van der Waals surface area contributed by atoms with E-state index in [0.717, 1.165) is 18.2 Å². The van der Waals surface area contributed by atoms with E-state index in [1.165, 1.54) is 13.0 Å². The van der Waals surface area contributed by atoms with Crippen LogP contribution in [0.15, 0.2) is 24.3 Å². The van der Waals surface area contributed by atoms with Crippen LogP contribution in [-0.2, 0) is 15.8 Å². The molecule has 134 valence electrons. The predicted octanol–water partition coefficient (Wildman–Crippen LogP) is 2.56. The molecule has 0 bridgehead atoms. The number of halogens is 3. The number of carbonyl (C=O) groups excluding carboxylic acids is 2. The van der Waals surface area contributed by atoms with E-state index in [2.05, 4.69) is 10.6 Å². The number of benzene rings is 1. The summed E-state index contributed by atoms with van der Waals surface area (Å²) in [7, 11) is 0. The lowest BCUT2D eigenvalue weighted by Crippen LogP contribution is -2.47. The van der Waals surface area contributed by atoms with Gasteiger partial charge in [-0.1, -0.05) is 26.3 Å². The SMILES string of the molecule is CC[C@H](C)[C@](C)(O)CNC(=O)C(=O)Nc1cccc(C(F)(F)F)c1. The summed E-state index contributed by atoms with van der Waals surface area (Å²) in [6, 6.07) is 3.97. The van der Waals surface area contributed by atoms with Gasteiger partial charge in [0.25, 0.3) is 0 Å². The topological polar surface area (TPSA) is 78.4 Å². The molecule has 0 aliphatic heterocycles. The fourth-order valence-corrected chi connectivity index (χ4v) is 1.91. The van der Waals surface area contributed by atoms with Gasteiger partial charge in [-0.25, -0.2) is 0 Å². The van der Waals surface area contributed by atoms with Gasteiger partial charge in [0.05, 0.1) is 11.2 Å². The molecular formula is C16H21F3N2O3. The number of rotatable bonds is 5. The number of nitrogens with one attached hydrogen (secondary N) is 2. The van der Waals surface area contributed by atoms with Crippen LogP contribution in [-0.4, -0.2) is 29.1 Å². The molecule has 5 nitrogen and oxygen atoms in total. The molecule has 1 aromatic rings. The summed E-state index contributed by atoms with van der Waals surface area (Å²) >= 11 is 0. The molecule has 2 atom stereocenters. The van der Waals surface area contributed by atoms with E-state index in [-0.39, 0.29) is 18.2 Å². The maximum absolute atomic E-state index is 12.6. The highest BCUT2D eigenvalue weighted by atomic mass is 19.4. The minimum atomic E-state index is -4.54. The third kappa shape index (κ3) is 5.52. The van der Waals surface area contributed by atoms with Crippen molar-refractivity contribution in [3.63, 3.8) is 0 Å².